The Morgan fingerprint density at radius 3 is 2.47 bits per heavy atom. The second-order valence-electron chi connectivity index (χ2n) is 8.11. The zero-order valence-corrected chi connectivity index (χ0v) is 20.1. The van der Waals surface area contributed by atoms with E-state index in [0.717, 1.165) is 44.9 Å². The van der Waals surface area contributed by atoms with E-state index in [-0.39, 0.29) is 5.91 Å². The van der Waals surface area contributed by atoms with Crippen molar-refractivity contribution >= 4 is 16.9 Å². The van der Waals surface area contributed by atoms with Crippen molar-refractivity contribution in [2.45, 2.75) is 40.2 Å². The van der Waals surface area contributed by atoms with Gasteiger partial charge in [-0.1, -0.05) is 30.3 Å². The average Bonchev–Trinajstić information content (AvgIpc) is 3.19. The molecule has 0 aliphatic rings. The maximum Gasteiger partial charge on any atom is 0.220 e. The number of amides is 1. The van der Waals surface area contributed by atoms with Crippen LogP contribution in [0.5, 0.6) is 11.6 Å². The summed E-state index contributed by atoms with van der Waals surface area (Å²) in [5.74, 6) is 1.34. The molecule has 1 N–H and O–H groups in total. The monoisotopic (exact) mass is 458 g/mol. The second-order valence-corrected chi connectivity index (χ2v) is 8.11. The van der Waals surface area contributed by atoms with Crippen LogP contribution in [0.2, 0.25) is 0 Å². The maximum atomic E-state index is 12.6. The Morgan fingerprint density at radius 2 is 1.79 bits per heavy atom. The quantitative estimate of drug-likeness (QED) is 0.394. The number of fused-ring (bicyclic) bond motifs is 1. The fourth-order valence-corrected chi connectivity index (χ4v) is 4.10. The van der Waals surface area contributed by atoms with E-state index in [9.17, 15) is 4.79 Å². The van der Waals surface area contributed by atoms with Crippen LogP contribution in [0.4, 0.5) is 0 Å². The van der Waals surface area contributed by atoms with E-state index in [4.69, 9.17) is 19.6 Å². The molecule has 0 aliphatic carbocycles. The molecule has 0 atom stereocenters. The van der Waals surface area contributed by atoms with Crippen molar-refractivity contribution in [2.24, 2.45) is 0 Å². The fraction of sp³-hybridized carbons (Fsp3) is 0.296. The van der Waals surface area contributed by atoms with Gasteiger partial charge in [0.15, 0.2) is 5.65 Å². The van der Waals surface area contributed by atoms with E-state index in [0.29, 0.717) is 31.9 Å². The molecule has 7 nitrogen and oxygen atoms in total. The summed E-state index contributed by atoms with van der Waals surface area (Å²) in [5, 5.41) is 8.74. The number of para-hydroxylation sites is 1. The lowest BCUT2D eigenvalue weighted by Gasteiger charge is -2.14. The molecule has 176 valence electrons. The summed E-state index contributed by atoms with van der Waals surface area (Å²) < 4.78 is 12.9. The lowest BCUT2D eigenvalue weighted by Crippen LogP contribution is -2.23. The molecule has 34 heavy (non-hydrogen) atoms. The lowest BCUT2D eigenvalue weighted by atomic mass is 10.0. The molecule has 0 saturated carbocycles. The summed E-state index contributed by atoms with van der Waals surface area (Å²) in [5.41, 5.74) is 5.63. The molecular weight excluding hydrogens is 428 g/mol. The number of methoxy groups -OCH3 is 1. The molecule has 0 radical (unpaired) electrons. The smallest absolute Gasteiger partial charge is 0.220 e. The SMILES string of the molecule is CCOc1nc2c(c(C)nn2-c2ccccc2)c(C)c1CCC(=O)NCc1ccc(OC)cc1. The Kier molecular flexibility index (Phi) is 7.11. The summed E-state index contributed by atoms with van der Waals surface area (Å²) in [6.45, 7) is 6.95. The number of rotatable bonds is 9. The Hall–Kier alpha value is -3.87. The van der Waals surface area contributed by atoms with Crippen LogP contribution >= 0.6 is 0 Å². The molecule has 0 spiro atoms. The maximum absolute atomic E-state index is 12.6. The Bertz CT molecular complexity index is 1280. The number of nitrogens with one attached hydrogen (secondary N) is 1. The van der Waals surface area contributed by atoms with Crippen molar-refractivity contribution < 1.29 is 14.3 Å². The molecule has 0 saturated heterocycles. The van der Waals surface area contributed by atoms with Gasteiger partial charge >= 0.3 is 0 Å². The topological polar surface area (TPSA) is 78.3 Å². The average molecular weight is 459 g/mol. The van der Waals surface area contributed by atoms with Gasteiger partial charge in [-0.2, -0.15) is 10.1 Å². The van der Waals surface area contributed by atoms with Gasteiger partial charge in [0.05, 0.1) is 25.1 Å². The minimum Gasteiger partial charge on any atom is -0.497 e. The predicted octanol–water partition coefficient (Wildman–Crippen LogP) is 4.69. The van der Waals surface area contributed by atoms with Gasteiger partial charge in [0.25, 0.3) is 0 Å². The number of benzene rings is 2. The zero-order valence-electron chi connectivity index (χ0n) is 20.1. The summed E-state index contributed by atoms with van der Waals surface area (Å²) in [6, 6.07) is 17.6. The third-order valence-electron chi connectivity index (χ3n) is 5.86. The highest BCUT2D eigenvalue weighted by Crippen LogP contribution is 2.32. The molecule has 0 aliphatic heterocycles. The van der Waals surface area contributed by atoms with Crippen molar-refractivity contribution in [1.82, 2.24) is 20.1 Å². The fourth-order valence-electron chi connectivity index (χ4n) is 4.10. The van der Waals surface area contributed by atoms with Gasteiger partial charge in [0.2, 0.25) is 11.8 Å². The molecule has 4 rings (SSSR count). The van der Waals surface area contributed by atoms with Crippen molar-refractivity contribution in [2.75, 3.05) is 13.7 Å². The number of nitrogens with zero attached hydrogens (tertiary/aromatic N) is 3. The molecular formula is C27H30N4O3. The summed E-state index contributed by atoms with van der Waals surface area (Å²) in [4.78, 5) is 17.4. The first-order valence-corrected chi connectivity index (χ1v) is 11.5. The van der Waals surface area contributed by atoms with Gasteiger partial charge in [-0.05, 0) is 62.6 Å². The largest absolute Gasteiger partial charge is 0.497 e. The van der Waals surface area contributed by atoms with E-state index >= 15 is 0 Å². The minimum atomic E-state index is -0.0190. The number of carbonyl (C=O) groups is 1. The van der Waals surface area contributed by atoms with Gasteiger partial charge < -0.3 is 14.8 Å². The zero-order chi connectivity index (χ0) is 24.1. The number of carbonyl (C=O) groups excluding carboxylic acids is 1. The van der Waals surface area contributed by atoms with Gasteiger partial charge in [0, 0.05) is 23.9 Å². The van der Waals surface area contributed by atoms with Crippen molar-refractivity contribution in [3.8, 4) is 17.3 Å². The lowest BCUT2D eigenvalue weighted by molar-refractivity contribution is -0.121. The van der Waals surface area contributed by atoms with Crippen LogP contribution in [-0.4, -0.2) is 34.4 Å². The highest BCUT2D eigenvalue weighted by atomic mass is 16.5. The number of hydrogen-bond donors (Lipinski definition) is 1. The van der Waals surface area contributed by atoms with Crippen LogP contribution < -0.4 is 14.8 Å². The number of pyridine rings is 1. The molecule has 2 heterocycles. The summed E-state index contributed by atoms with van der Waals surface area (Å²) >= 11 is 0. The third kappa shape index (κ3) is 4.88. The third-order valence-corrected chi connectivity index (χ3v) is 5.86. The molecule has 2 aromatic carbocycles. The van der Waals surface area contributed by atoms with Crippen LogP contribution in [0.25, 0.3) is 16.7 Å². The molecule has 4 aromatic rings. The van der Waals surface area contributed by atoms with Gasteiger partial charge in [-0.25, -0.2) is 4.68 Å². The highest BCUT2D eigenvalue weighted by Gasteiger charge is 2.20. The van der Waals surface area contributed by atoms with Crippen LogP contribution in [0.15, 0.2) is 54.6 Å². The van der Waals surface area contributed by atoms with Crippen LogP contribution in [-0.2, 0) is 17.8 Å². The summed E-state index contributed by atoms with van der Waals surface area (Å²) in [7, 11) is 1.63. The molecule has 0 fully saturated rings. The minimum absolute atomic E-state index is 0.0190. The van der Waals surface area contributed by atoms with E-state index in [2.05, 4.69) is 12.2 Å². The number of aromatic nitrogens is 3. The molecule has 7 heteroatoms. The van der Waals surface area contributed by atoms with Crippen LogP contribution in [0.3, 0.4) is 0 Å². The van der Waals surface area contributed by atoms with Crippen LogP contribution in [0.1, 0.15) is 35.7 Å². The Morgan fingerprint density at radius 1 is 1.06 bits per heavy atom. The number of hydrogen-bond acceptors (Lipinski definition) is 5. The van der Waals surface area contributed by atoms with E-state index < -0.39 is 0 Å². The first kappa shape index (κ1) is 23.3. The molecule has 0 bridgehead atoms. The number of ether oxygens (including phenoxy) is 2. The standard InChI is InChI=1S/C27H30N4O3/c1-5-34-27-23(15-16-24(32)28-17-20-11-13-22(33-4)14-12-20)18(2)25-19(3)30-31(26(25)29-27)21-9-7-6-8-10-21/h6-14H,5,15-17H2,1-4H3,(H,28,32). The highest BCUT2D eigenvalue weighted by molar-refractivity contribution is 5.86. The molecule has 1 amide bonds. The molecule has 0 unspecified atom stereocenters. The van der Waals surface area contributed by atoms with E-state index in [1.165, 1.54) is 0 Å². The second kappa shape index (κ2) is 10.4. The Balaban J connectivity index is 1.55. The van der Waals surface area contributed by atoms with Gasteiger partial charge in [0.1, 0.15) is 5.75 Å². The first-order valence-electron chi connectivity index (χ1n) is 11.5. The van der Waals surface area contributed by atoms with Gasteiger partial charge in [-0.15, -0.1) is 0 Å². The van der Waals surface area contributed by atoms with Crippen molar-refractivity contribution in [3.05, 3.63) is 77.0 Å². The summed E-state index contributed by atoms with van der Waals surface area (Å²) in [6.07, 6.45) is 0.880. The van der Waals surface area contributed by atoms with E-state index in [1.807, 2.05) is 73.1 Å². The van der Waals surface area contributed by atoms with Crippen LogP contribution in [0, 0.1) is 13.8 Å². The van der Waals surface area contributed by atoms with Crippen molar-refractivity contribution in [3.63, 3.8) is 0 Å². The normalized spacial score (nSPS) is 10.9. The first-order chi connectivity index (χ1) is 16.5. The number of aryl methyl sites for hydroxylation is 2. The van der Waals surface area contributed by atoms with Gasteiger partial charge in [-0.3, -0.25) is 4.79 Å². The predicted molar refractivity (Wildman–Crippen MR) is 133 cm³/mol. The van der Waals surface area contributed by atoms with E-state index in [1.54, 1.807) is 7.11 Å². The Labute approximate surface area is 199 Å². The molecule has 2 aromatic heterocycles. The van der Waals surface area contributed by atoms with Crippen molar-refractivity contribution in [1.29, 1.82) is 0 Å².